The molecule has 24 heavy (non-hydrogen) atoms. The van der Waals surface area contributed by atoms with E-state index in [4.69, 9.17) is 16.6 Å². The van der Waals surface area contributed by atoms with E-state index in [-0.39, 0.29) is 0 Å². The number of nitrogens with one attached hydrogen (secondary N) is 1. The fourth-order valence-electron chi connectivity index (χ4n) is 3.17. The second-order valence-electron chi connectivity index (χ2n) is 5.85. The molecule has 0 amide bonds. The summed E-state index contributed by atoms with van der Waals surface area (Å²) in [5.41, 5.74) is 5.85. The van der Waals surface area contributed by atoms with E-state index >= 15 is 0 Å². The van der Waals surface area contributed by atoms with Crippen LogP contribution in [0.2, 0.25) is 5.02 Å². The lowest BCUT2D eigenvalue weighted by molar-refractivity contribution is 0.879. The largest absolute Gasteiger partial charge is 0.287 e. The first kappa shape index (κ1) is 14.9. The van der Waals surface area contributed by atoms with Gasteiger partial charge in [0.25, 0.3) is 0 Å². The van der Waals surface area contributed by atoms with Crippen molar-refractivity contribution in [2.24, 2.45) is 0 Å². The highest BCUT2D eigenvalue weighted by atomic mass is 35.5. The summed E-state index contributed by atoms with van der Waals surface area (Å²) in [7, 11) is 0. The minimum absolute atomic E-state index is 0.685. The molecule has 1 aromatic carbocycles. The molecule has 4 aromatic rings. The summed E-state index contributed by atoms with van der Waals surface area (Å²) in [4.78, 5) is 9.06. The zero-order valence-electron chi connectivity index (χ0n) is 13.6. The van der Waals surface area contributed by atoms with E-state index in [2.05, 4.69) is 21.2 Å². The van der Waals surface area contributed by atoms with Gasteiger partial charge in [0.05, 0.1) is 16.2 Å². The van der Waals surface area contributed by atoms with E-state index in [9.17, 15) is 0 Å². The molecule has 120 valence electrons. The predicted octanol–water partition coefficient (Wildman–Crippen LogP) is 4.39. The third-order valence-electron chi connectivity index (χ3n) is 4.38. The van der Waals surface area contributed by atoms with Crippen LogP contribution in [0.25, 0.3) is 28.1 Å². The van der Waals surface area contributed by atoms with Gasteiger partial charge in [0.1, 0.15) is 6.33 Å². The second kappa shape index (κ2) is 5.46. The fourth-order valence-corrected chi connectivity index (χ4v) is 3.41. The highest BCUT2D eigenvalue weighted by molar-refractivity contribution is 6.34. The Balaban J connectivity index is 1.99. The van der Waals surface area contributed by atoms with Gasteiger partial charge in [-0.15, -0.1) is 0 Å². The Morgan fingerprint density at radius 2 is 1.92 bits per heavy atom. The smallest absolute Gasteiger partial charge is 0.229 e. The molecule has 0 radical (unpaired) electrons. The summed E-state index contributed by atoms with van der Waals surface area (Å²) in [6.45, 7) is 6.10. The van der Waals surface area contributed by atoms with E-state index in [1.807, 2.05) is 49.6 Å². The van der Waals surface area contributed by atoms with Gasteiger partial charge in [-0.25, -0.2) is 10.1 Å². The van der Waals surface area contributed by atoms with Crippen LogP contribution in [0.5, 0.6) is 0 Å². The lowest BCUT2D eigenvalue weighted by Crippen LogP contribution is -2.01. The van der Waals surface area contributed by atoms with Crippen LogP contribution in [0, 0.1) is 20.8 Å². The van der Waals surface area contributed by atoms with Crippen molar-refractivity contribution in [2.75, 3.05) is 0 Å². The molecule has 0 fully saturated rings. The maximum Gasteiger partial charge on any atom is 0.229 e. The number of nitrogens with zero attached hydrogens (tertiary/aromatic N) is 4. The van der Waals surface area contributed by atoms with Crippen molar-refractivity contribution in [3.05, 3.63) is 58.6 Å². The minimum atomic E-state index is 0.685. The minimum Gasteiger partial charge on any atom is -0.287 e. The van der Waals surface area contributed by atoms with E-state index in [0.717, 1.165) is 39.1 Å². The Morgan fingerprint density at radius 3 is 2.67 bits per heavy atom. The summed E-state index contributed by atoms with van der Waals surface area (Å²) < 4.78 is 2.02. The van der Waals surface area contributed by atoms with Crippen LogP contribution >= 0.6 is 11.6 Å². The first-order valence-corrected chi connectivity index (χ1v) is 8.05. The Labute approximate surface area is 144 Å². The number of rotatable bonds is 2. The molecule has 0 saturated heterocycles. The molecular formula is C18H16ClN5. The van der Waals surface area contributed by atoms with Crippen LogP contribution in [0.1, 0.15) is 17.0 Å². The summed E-state index contributed by atoms with van der Waals surface area (Å²) in [5.74, 6) is 0.685. The number of aryl methyl sites for hydroxylation is 2. The van der Waals surface area contributed by atoms with Crippen LogP contribution in [0.3, 0.4) is 0 Å². The van der Waals surface area contributed by atoms with Gasteiger partial charge in [0.2, 0.25) is 5.95 Å². The van der Waals surface area contributed by atoms with Gasteiger partial charge in [-0.1, -0.05) is 29.8 Å². The molecule has 0 atom stereocenters. The molecule has 6 heteroatoms. The summed E-state index contributed by atoms with van der Waals surface area (Å²) >= 11 is 6.66. The van der Waals surface area contributed by atoms with Crippen molar-refractivity contribution < 1.29 is 0 Å². The summed E-state index contributed by atoms with van der Waals surface area (Å²) in [6, 6.07) is 10.1. The number of aromatic nitrogens is 5. The van der Waals surface area contributed by atoms with Crippen molar-refractivity contribution in [3.63, 3.8) is 0 Å². The number of benzene rings is 1. The standard InChI is InChI=1S/C18H16ClN5/c1-10-8-14(12(3)24(10)18-20-9-21-23-18)17-16(19)11(2)13-6-4-5-7-15(13)22-17/h4-9H,1-3H3,(H,20,21,23). The first-order chi connectivity index (χ1) is 11.6. The molecule has 4 rings (SSSR count). The zero-order valence-corrected chi connectivity index (χ0v) is 14.4. The normalized spacial score (nSPS) is 11.3. The number of H-pyrrole nitrogens is 1. The molecule has 0 spiro atoms. The maximum absolute atomic E-state index is 6.66. The van der Waals surface area contributed by atoms with Gasteiger partial charge < -0.3 is 0 Å². The maximum atomic E-state index is 6.66. The van der Waals surface area contributed by atoms with Crippen LogP contribution in [0.15, 0.2) is 36.7 Å². The van der Waals surface area contributed by atoms with Gasteiger partial charge in [-0.05, 0) is 38.5 Å². The number of hydrogen-bond donors (Lipinski definition) is 1. The van der Waals surface area contributed by atoms with Gasteiger partial charge >= 0.3 is 0 Å². The Kier molecular flexibility index (Phi) is 3.39. The summed E-state index contributed by atoms with van der Waals surface area (Å²) in [6.07, 6.45) is 1.50. The number of fused-ring (bicyclic) bond motifs is 1. The number of para-hydroxylation sites is 1. The highest BCUT2D eigenvalue weighted by Gasteiger charge is 2.19. The molecule has 3 heterocycles. The van der Waals surface area contributed by atoms with Crippen LogP contribution in [-0.4, -0.2) is 24.7 Å². The molecule has 0 aliphatic heterocycles. The van der Waals surface area contributed by atoms with Crippen molar-refractivity contribution >= 4 is 22.5 Å². The van der Waals surface area contributed by atoms with E-state index < -0.39 is 0 Å². The van der Waals surface area contributed by atoms with Crippen LogP contribution in [0.4, 0.5) is 0 Å². The molecule has 0 saturated carbocycles. The first-order valence-electron chi connectivity index (χ1n) is 7.68. The van der Waals surface area contributed by atoms with Crippen molar-refractivity contribution in [1.29, 1.82) is 0 Å². The van der Waals surface area contributed by atoms with E-state index in [1.54, 1.807) is 0 Å². The molecule has 0 aliphatic rings. The van der Waals surface area contributed by atoms with Gasteiger partial charge in [-0.2, -0.15) is 10.1 Å². The topological polar surface area (TPSA) is 59.4 Å². The number of pyridine rings is 1. The van der Waals surface area contributed by atoms with Crippen LogP contribution in [-0.2, 0) is 0 Å². The average molecular weight is 338 g/mol. The van der Waals surface area contributed by atoms with Crippen molar-refractivity contribution in [2.45, 2.75) is 20.8 Å². The molecule has 0 bridgehead atoms. The zero-order chi connectivity index (χ0) is 16.8. The van der Waals surface area contributed by atoms with E-state index in [1.165, 1.54) is 6.33 Å². The van der Waals surface area contributed by atoms with Crippen LogP contribution < -0.4 is 0 Å². The monoisotopic (exact) mass is 337 g/mol. The predicted molar refractivity (Wildman–Crippen MR) is 95.7 cm³/mol. The second-order valence-corrected chi connectivity index (χ2v) is 6.22. The average Bonchev–Trinajstić information content (AvgIpc) is 3.19. The Hall–Kier alpha value is -2.66. The Bertz CT molecular complexity index is 1050. The molecule has 5 nitrogen and oxygen atoms in total. The molecule has 1 N–H and O–H groups in total. The van der Waals surface area contributed by atoms with Crippen molar-refractivity contribution in [1.82, 2.24) is 24.7 Å². The third-order valence-corrected chi connectivity index (χ3v) is 4.84. The number of aromatic amines is 1. The van der Waals surface area contributed by atoms with Crippen molar-refractivity contribution in [3.8, 4) is 17.2 Å². The fraction of sp³-hybridized carbons (Fsp3) is 0.167. The molecule has 3 aromatic heterocycles. The number of hydrogen-bond acceptors (Lipinski definition) is 3. The molecule has 0 unspecified atom stereocenters. The van der Waals surface area contributed by atoms with Gasteiger partial charge in [0, 0.05) is 22.3 Å². The lowest BCUT2D eigenvalue weighted by atomic mass is 10.1. The molecular weight excluding hydrogens is 322 g/mol. The quantitative estimate of drug-likeness (QED) is 0.590. The Morgan fingerprint density at radius 1 is 1.12 bits per heavy atom. The number of halogens is 1. The highest BCUT2D eigenvalue weighted by Crippen LogP contribution is 2.36. The molecule has 0 aliphatic carbocycles. The SMILES string of the molecule is Cc1c(Cl)c(-c2cc(C)n(-c3ncn[nH]3)c2C)nc2ccccc12. The third kappa shape index (κ3) is 2.12. The van der Waals surface area contributed by atoms with Gasteiger partial charge in [-0.3, -0.25) is 4.57 Å². The van der Waals surface area contributed by atoms with Gasteiger partial charge in [0.15, 0.2) is 0 Å². The lowest BCUT2D eigenvalue weighted by Gasteiger charge is -2.10. The van der Waals surface area contributed by atoms with E-state index in [0.29, 0.717) is 11.0 Å². The summed E-state index contributed by atoms with van der Waals surface area (Å²) in [5, 5.41) is 8.61.